The van der Waals surface area contributed by atoms with Crippen molar-refractivity contribution in [2.24, 2.45) is 11.8 Å². The van der Waals surface area contributed by atoms with E-state index in [9.17, 15) is 9.59 Å². The highest BCUT2D eigenvalue weighted by Gasteiger charge is 2.31. The number of carbonyl (C=O) groups is 2. The largest absolute Gasteiger partial charge is 0.481 e. The van der Waals surface area contributed by atoms with Crippen LogP contribution in [0.2, 0.25) is 0 Å². The summed E-state index contributed by atoms with van der Waals surface area (Å²) in [4.78, 5) is 24.5. The van der Waals surface area contributed by atoms with Gasteiger partial charge in [0.2, 0.25) is 0 Å². The maximum absolute atomic E-state index is 12.0. The first kappa shape index (κ1) is 16.1. The second-order valence-electron chi connectivity index (χ2n) is 6.39. The first-order valence-corrected chi connectivity index (χ1v) is 7.86. The van der Waals surface area contributed by atoms with Gasteiger partial charge < -0.3 is 20.1 Å². The van der Waals surface area contributed by atoms with Gasteiger partial charge in [0.25, 0.3) is 0 Å². The summed E-state index contributed by atoms with van der Waals surface area (Å²) in [5.74, 6) is -0.627. The van der Waals surface area contributed by atoms with Gasteiger partial charge in [-0.1, -0.05) is 0 Å². The summed E-state index contributed by atoms with van der Waals surface area (Å²) >= 11 is 0. The van der Waals surface area contributed by atoms with Crippen LogP contribution < -0.4 is 5.32 Å². The molecule has 6 heteroatoms. The Bertz CT molecular complexity index is 378. The number of aliphatic carboxylic acids is 1. The molecule has 3 unspecified atom stereocenters. The predicted octanol–water partition coefficient (Wildman–Crippen LogP) is 1.70. The molecule has 2 fully saturated rings. The number of carbonyl (C=O) groups excluding carboxylic acids is 1. The van der Waals surface area contributed by atoms with Crippen LogP contribution in [0.25, 0.3) is 0 Å². The van der Waals surface area contributed by atoms with Crippen LogP contribution >= 0.6 is 0 Å². The molecular formula is C15H26N2O4. The molecule has 0 bridgehead atoms. The highest BCUT2D eigenvalue weighted by Crippen LogP contribution is 2.26. The Balaban J connectivity index is 1.67. The molecule has 0 aliphatic carbocycles. The second kappa shape index (κ2) is 7.11. The van der Waals surface area contributed by atoms with Crippen molar-refractivity contribution in [2.45, 2.75) is 51.7 Å². The summed E-state index contributed by atoms with van der Waals surface area (Å²) < 4.78 is 5.71. The van der Waals surface area contributed by atoms with Crippen LogP contribution in [-0.4, -0.2) is 53.8 Å². The fourth-order valence-electron chi connectivity index (χ4n) is 3.42. The van der Waals surface area contributed by atoms with Crippen molar-refractivity contribution in [1.29, 1.82) is 0 Å². The molecule has 0 radical (unpaired) electrons. The SMILES string of the molecule is CC1CC(CCNC(=O)N2CCC(C(=O)O)C2)CC(C)O1. The Labute approximate surface area is 125 Å². The van der Waals surface area contributed by atoms with Gasteiger partial charge in [0.1, 0.15) is 0 Å². The molecule has 6 nitrogen and oxygen atoms in total. The predicted molar refractivity (Wildman–Crippen MR) is 78.1 cm³/mol. The number of rotatable bonds is 4. The lowest BCUT2D eigenvalue weighted by Gasteiger charge is -2.32. The smallest absolute Gasteiger partial charge is 0.317 e. The van der Waals surface area contributed by atoms with Crippen molar-refractivity contribution in [2.75, 3.05) is 19.6 Å². The number of likely N-dealkylation sites (tertiary alicyclic amines) is 1. The summed E-state index contributed by atoms with van der Waals surface area (Å²) in [5.41, 5.74) is 0. The maximum Gasteiger partial charge on any atom is 0.317 e. The quantitative estimate of drug-likeness (QED) is 0.828. The van der Waals surface area contributed by atoms with Gasteiger partial charge in [-0.25, -0.2) is 4.79 Å². The fraction of sp³-hybridized carbons (Fsp3) is 0.867. The van der Waals surface area contributed by atoms with Crippen molar-refractivity contribution >= 4 is 12.0 Å². The number of carboxylic acid groups (broad SMARTS) is 1. The van der Waals surface area contributed by atoms with Gasteiger partial charge >= 0.3 is 12.0 Å². The zero-order chi connectivity index (χ0) is 15.4. The second-order valence-corrected chi connectivity index (χ2v) is 6.39. The topological polar surface area (TPSA) is 78.9 Å². The van der Waals surface area contributed by atoms with Crippen molar-refractivity contribution in [3.05, 3.63) is 0 Å². The number of hydrogen-bond donors (Lipinski definition) is 2. The van der Waals surface area contributed by atoms with Crippen molar-refractivity contribution in [3.63, 3.8) is 0 Å². The van der Waals surface area contributed by atoms with E-state index < -0.39 is 11.9 Å². The Morgan fingerprint density at radius 1 is 1.29 bits per heavy atom. The van der Waals surface area contributed by atoms with Crippen molar-refractivity contribution in [1.82, 2.24) is 10.2 Å². The number of carboxylic acids is 1. The number of hydrogen-bond acceptors (Lipinski definition) is 3. The van der Waals surface area contributed by atoms with Crippen molar-refractivity contribution < 1.29 is 19.4 Å². The number of urea groups is 1. The monoisotopic (exact) mass is 298 g/mol. The van der Waals surface area contributed by atoms with Crippen LogP contribution in [-0.2, 0) is 9.53 Å². The van der Waals surface area contributed by atoms with E-state index in [0.29, 0.717) is 44.2 Å². The molecule has 0 spiro atoms. The highest BCUT2D eigenvalue weighted by atomic mass is 16.5. The lowest BCUT2D eigenvalue weighted by atomic mass is 9.90. The van der Waals surface area contributed by atoms with Gasteiger partial charge in [-0.2, -0.15) is 0 Å². The van der Waals surface area contributed by atoms with E-state index in [-0.39, 0.29) is 6.03 Å². The molecule has 0 aromatic carbocycles. The Kier molecular flexibility index (Phi) is 5.45. The Hall–Kier alpha value is -1.30. The zero-order valence-electron chi connectivity index (χ0n) is 12.9. The molecule has 2 rings (SSSR count). The van der Waals surface area contributed by atoms with Gasteiger partial charge in [-0.3, -0.25) is 4.79 Å². The van der Waals surface area contributed by atoms with Crippen LogP contribution in [0.15, 0.2) is 0 Å². The molecule has 2 N–H and O–H groups in total. The average Bonchev–Trinajstić information content (AvgIpc) is 2.87. The lowest BCUT2D eigenvalue weighted by Crippen LogP contribution is -2.40. The van der Waals surface area contributed by atoms with Gasteiger partial charge in [-0.15, -0.1) is 0 Å². The summed E-state index contributed by atoms with van der Waals surface area (Å²) in [6.45, 7) is 5.70. The van der Waals surface area contributed by atoms with E-state index in [1.54, 1.807) is 4.90 Å². The molecule has 2 saturated heterocycles. The Morgan fingerprint density at radius 2 is 1.95 bits per heavy atom. The van der Waals surface area contributed by atoms with E-state index in [4.69, 9.17) is 9.84 Å². The molecule has 120 valence electrons. The lowest BCUT2D eigenvalue weighted by molar-refractivity contribution is -0.141. The molecule has 21 heavy (non-hydrogen) atoms. The molecule has 2 amide bonds. The van der Waals surface area contributed by atoms with Gasteiger partial charge in [0.15, 0.2) is 0 Å². The van der Waals surface area contributed by atoms with Crippen LogP contribution in [0.3, 0.4) is 0 Å². The molecule has 2 aliphatic rings. The van der Waals surface area contributed by atoms with E-state index in [2.05, 4.69) is 19.2 Å². The number of nitrogens with one attached hydrogen (secondary N) is 1. The van der Waals surface area contributed by atoms with Crippen LogP contribution in [0.4, 0.5) is 4.79 Å². The highest BCUT2D eigenvalue weighted by molar-refractivity contribution is 5.77. The number of nitrogens with zero attached hydrogens (tertiary/aromatic N) is 1. The van der Waals surface area contributed by atoms with E-state index in [1.165, 1.54) is 0 Å². The summed E-state index contributed by atoms with van der Waals surface area (Å²) in [5, 5.41) is 11.9. The molecule has 2 heterocycles. The zero-order valence-corrected chi connectivity index (χ0v) is 12.9. The molecule has 3 atom stereocenters. The molecule has 0 aromatic heterocycles. The molecule has 0 aromatic rings. The third-order valence-corrected chi connectivity index (χ3v) is 4.45. The van der Waals surface area contributed by atoms with E-state index in [1.807, 2.05) is 0 Å². The van der Waals surface area contributed by atoms with Gasteiger partial charge in [-0.05, 0) is 45.4 Å². The first-order chi connectivity index (χ1) is 9.95. The van der Waals surface area contributed by atoms with E-state index >= 15 is 0 Å². The average molecular weight is 298 g/mol. The van der Waals surface area contributed by atoms with Gasteiger partial charge in [0, 0.05) is 19.6 Å². The minimum absolute atomic E-state index is 0.132. The third-order valence-electron chi connectivity index (χ3n) is 4.45. The number of ether oxygens (including phenoxy) is 1. The van der Waals surface area contributed by atoms with Gasteiger partial charge in [0.05, 0.1) is 18.1 Å². The number of amides is 2. The standard InChI is InChI=1S/C15H26N2O4/c1-10-7-12(8-11(2)21-10)3-5-16-15(20)17-6-4-13(9-17)14(18)19/h10-13H,3-9H2,1-2H3,(H,16,20)(H,18,19). The molecule has 0 saturated carbocycles. The summed E-state index contributed by atoms with van der Waals surface area (Å²) in [6.07, 6.45) is 4.20. The van der Waals surface area contributed by atoms with E-state index in [0.717, 1.165) is 19.3 Å². The molecular weight excluding hydrogens is 272 g/mol. The third kappa shape index (κ3) is 4.59. The first-order valence-electron chi connectivity index (χ1n) is 7.86. The van der Waals surface area contributed by atoms with Crippen LogP contribution in [0, 0.1) is 11.8 Å². The minimum Gasteiger partial charge on any atom is -0.481 e. The maximum atomic E-state index is 12.0. The summed E-state index contributed by atoms with van der Waals surface area (Å²) in [6, 6.07) is -0.132. The minimum atomic E-state index is -0.810. The van der Waals surface area contributed by atoms with Crippen molar-refractivity contribution in [3.8, 4) is 0 Å². The summed E-state index contributed by atoms with van der Waals surface area (Å²) in [7, 11) is 0. The Morgan fingerprint density at radius 3 is 2.52 bits per heavy atom. The normalized spacial score (nSPS) is 33.0. The van der Waals surface area contributed by atoms with Crippen LogP contribution in [0.1, 0.15) is 39.5 Å². The fourth-order valence-corrected chi connectivity index (χ4v) is 3.42. The van der Waals surface area contributed by atoms with Crippen LogP contribution in [0.5, 0.6) is 0 Å². The molecule has 2 aliphatic heterocycles.